The SMILES string of the molecule is CC.COc1ccc(C(NCCc2ccc(OC)c(C)c2)c2ccc(OCC3CCC3)cc2)c(OC)c1. The molecule has 1 fully saturated rings. The second kappa shape index (κ2) is 14.5. The van der Waals surface area contributed by atoms with E-state index in [1.807, 2.05) is 32.0 Å². The second-order valence-electron chi connectivity index (χ2n) is 9.23. The molecule has 1 N–H and O–H groups in total. The van der Waals surface area contributed by atoms with E-state index in [2.05, 4.69) is 54.7 Å². The van der Waals surface area contributed by atoms with E-state index in [0.29, 0.717) is 5.92 Å². The van der Waals surface area contributed by atoms with Gasteiger partial charge in [-0.05, 0) is 79.1 Å². The van der Waals surface area contributed by atoms with Gasteiger partial charge in [-0.3, -0.25) is 0 Å². The predicted molar refractivity (Wildman–Crippen MR) is 151 cm³/mol. The highest BCUT2D eigenvalue weighted by Gasteiger charge is 2.20. The average Bonchev–Trinajstić information content (AvgIpc) is 2.92. The Morgan fingerprint density at radius 1 is 0.811 bits per heavy atom. The van der Waals surface area contributed by atoms with Crippen molar-refractivity contribution in [2.75, 3.05) is 34.5 Å². The van der Waals surface area contributed by atoms with Gasteiger partial charge in [0, 0.05) is 18.2 Å². The minimum absolute atomic E-state index is 0.0316. The van der Waals surface area contributed by atoms with E-state index in [0.717, 1.165) is 59.3 Å². The largest absolute Gasteiger partial charge is 0.497 e. The van der Waals surface area contributed by atoms with Gasteiger partial charge in [0.25, 0.3) is 0 Å². The highest BCUT2D eigenvalue weighted by molar-refractivity contribution is 5.47. The highest BCUT2D eigenvalue weighted by atomic mass is 16.5. The van der Waals surface area contributed by atoms with Gasteiger partial charge in [-0.1, -0.05) is 44.5 Å². The fourth-order valence-electron chi connectivity index (χ4n) is 4.55. The molecule has 0 spiro atoms. The molecule has 0 radical (unpaired) electrons. The molecule has 0 aliphatic heterocycles. The summed E-state index contributed by atoms with van der Waals surface area (Å²) in [6.45, 7) is 7.70. The van der Waals surface area contributed by atoms with E-state index in [4.69, 9.17) is 18.9 Å². The first-order valence-electron chi connectivity index (χ1n) is 13.4. The molecule has 0 heterocycles. The maximum Gasteiger partial charge on any atom is 0.127 e. The van der Waals surface area contributed by atoms with Crippen molar-refractivity contribution < 1.29 is 18.9 Å². The number of ether oxygens (including phenoxy) is 4. The minimum Gasteiger partial charge on any atom is -0.497 e. The third-order valence-corrected chi connectivity index (χ3v) is 6.90. The van der Waals surface area contributed by atoms with Crippen LogP contribution in [0.2, 0.25) is 0 Å². The summed E-state index contributed by atoms with van der Waals surface area (Å²) in [5, 5.41) is 3.76. The molecule has 5 nitrogen and oxygen atoms in total. The van der Waals surface area contributed by atoms with Crippen LogP contribution >= 0.6 is 0 Å². The van der Waals surface area contributed by atoms with Crippen LogP contribution < -0.4 is 24.3 Å². The number of hydrogen-bond donors (Lipinski definition) is 1. The first-order chi connectivity index (χ1) is 18.1. The van der Waals surface area contributed by atoms with E-state index in [1.54, 1.807) is 21.3 Å². The summed E-state index contributed by atoms with van der Waals surface area (Å²) in [5.74, 6) is 4.14. The number of hydrogen-bond acceptors (Lipinski definition) is 5. The molecule has 200 valence electrons. The first kappa shape index (κ1) is 28.4. The van der Waals surface area contributed by atoms with Crippen LogP contribution in [0.15, 0.2) is 60.7 Å². The molecule has 37 heavy (non-hydrogen) atoms. The van der Waals surface area contributed by atoms with E-state index in [-0.39, 0.29) is 6.04 Å². The molecule has 0 bridgehead atoms. The van der Waals surface area contributed by atoms with Crippen LogP contribution in [0.25, 0.3) is 0 Å². The average molecular weight is 506 g/mol. The van der Waals surface area contributed by atoms with Gasteiger partial charge in [0.1, 0.15) is 23.0 Å². The maximum atomic E-state index is 6.02. The van der Waals surface area contributed by atoms with Gasteiger partial charge in [0.05, 0.1) is 34.0 Å². The number of nitrogens with one attached hydrogen (secondary N) is 1. The number of aryl methyl sites for hydroxylation is 1. The summed E-state index contributed by atoms with van der Waals surface area (Å²) in [6, 6.07) is 20.8. The van der Waals surface area contributed by atoms with Crippen molar-refractivity contribution in [2.45, 2.75) is 52.5 Å². The van der Waals surface area contributed by atoms with Crippen LogP contribution in [0.5, 0.6) is 23.0 Å². The number of rotatable bonds is 12. The molecule has 1 atom stereocenters. The lowest BCUT2D eigenvalue weighted by atomic mass is 9.86. The summed E-state index contributed by atoms with van der Waals surface area (Å²) in [7, 11) is 5.08. The third-order valence-electron chi connectivity index (χ3n) is 6.90. The van der Waals surface area contributed by atoms with Crippen molar-refractivity contribution in [3.05, 3.63) is 82.9 Å². The molecule has 3 aromatic carbocycles. The Balaban J connectivity index is 0.00000186. The van der Waals surface area contributed by atoms with Crippen molar-refractivity contribution in [3.8, 4) is 23.0 Å². The highest BCUT2D eigenvalue weighted by Crippen LogP contribution is 2.34. The molecule has 1 aliphatic carbocycles. The molecule has 1 aliphatic rings. The van der Waals surface area contributed by atoms with Gasteiger partial charge in [0.15, 0.2) is 0 Å². The van der Waals surface area contributed by atoms with Gasteiger partial charge in [-0.25, -0.2) is 0 Å². The lowest BCUT2D eigenvalue weighted by Gasteiger charge is -2.25. The smallest absolute Gasteiger partial charge is 0.127 e. The fourth-order valence-corrected chi connectivity index (χ4v) is 4.55. The zero-order chi connectivity index (χ0) is 26.6. The summed E-state index contributed by atoms with van der Waals surface area (Å²) in [4.78, 5) is 0. The lowest BCUT2D eigenvalue weighted by Crippen LogP contribution is -2.25. The Morgan fingerprint density at radius 2 is 1.51 bits per heavy atom. The molecular weight excluding hydrogens is 462 g/mol. The molecule has 3 aromatic rings. The van der Waals surface area contributed by atoms with Crippen LogP contribution in [0.4, 0.5) is 0 Å². The van der Waals surface area contributed by atoms with E-state index in [1.165, 1.54) is 24.8 Å². The van der Waals surface area contributed by atoms with Crippen molar-refractivity contribution in [3.63, 3.8) is 0 Å². The molecule has 0 amide bonds. The Hall–Kier alpha value is -3.18. The number of methoxy groups -OCH3 is 3. The van der Waals surface area contributed by atoms with Crippen molar-refractivity contribution in [2.24, 2.45) is 5.92 Å². The monoisotopic (exact) mass is 505 g/mol. The van der Waals surface area contributed by atoms with E-state index < -0.39 is 0 Å². The maximum absolute atomic E-state index is 6.02. The summed E-state index contributed by atoms with van der Waals surface area (Å²) in [5.41, 5.74) is 4.66. The molecule has 4 rings (SSSR count). The minimum atomic E-state index is -0.0316. The predicted octanol–water partition coefficient (Wildman–Crippen LogP) is 7.15. The molecule has 1 saturated carbocycles. The second-order valence-corrected chi connectivity index (χ2v) is 9.23. The summed E-state index contributed by atoms with van der Waals surface area (Å²) >= 11 is 0. The summed E-state index contributed by atoms with van der Waals surface area (Å²) in [6.07, 6.45) is 4.81. The van der Waals surface area contributed by atoms with Crippen LogP contribution in [0, 0.1) is 12.8 Å². The molecular formula is C32H43NO4. The van der Waals surface area contributed by atoms with Gasteiger partial charge < -0.3 is 24.3 Å². The van der Waals surface area contributed by atoms with Crippen LogP contribution in [0.1, 0.15) is 61.4 Å². The Kier molecular flexibility index (Phi) is 11.2. The Labute approximate surface area is 223 Å². The molecule has 1 unspecified atom stereocenters. The topological polar surface area (TPSA) is 49.0 Å². The molecule has 0 aromatic heterocycles. The zero-order valence-electron chi connectivity index (χ0n) is 23.3. The summed E-state index contributed by atoms with van der Waals surface area (Å²) < 4.78 is 22.6. The van der Waals surface area contributed by atoms with E-state index >= 15 is 0 Å². The quantitative estimate of drug-likeness (QED) is 0.283. The first-order valence-corrected chi connectivity index (χ1v) is 13.4. The van der Waals surface area contributed by atoms with Crippen LogP contribution in [-0.2, 0) is 6.42 Å². The van der Waals surface area contributed by atoms with Crippen molar-refractivity contribution in [1.82, 2.24) is 5.32 Å². The number of benzene rings is 3. The molecule has 5 heteroatoms. The Morgan fingerprint density at radius 3 is 2.11 bits per heavy atom. The third kappa shape index (κ3) is 7.65. The van der Waals surface area contributed by atoms with Crippen molar-refractivity contribution >= 4 is 0 Å². The Bertz CT molecular complexity index is 1090. The van der Waals surface area contributed by atoms with Crippen molar-refractivity contribution in [1.29, 1.82) is 0 Å². The lowest BCUT2D eigenvalue weighted by molar-refractivity contribution is 0.180. The fraction of sp³-hybridized carbons (Fsp3) is 0.438. The van der Waals surface area contributed by atoms with Crippen LogP contribution in [0.3, 0.4) is 0 Å². The van der Waals surface area contributed by atoms with Gasteiger partial charge in [0.2, 0.25) is 0 Å². The van der Waals surface area contributed by atoms with Gasteiger partial charge in [-0.15, -0.1) is 0 Å². The standard InChI is InChI=1S/C30H37NO4.C2H6/c1-21-18-22(8-15-28(21)33-3)16-17-31-30(27-14-13-26(32-2)19-29(27)34-4)24-9-11-25(12-10-24)35-20-23-6-5-7-23;1-2/h8-15,18-19,23,30-31H,5-7,16-17,20H2,1-4H3;1-2H3. The van der Waals surface area contributed by atoms with Crippen LogP contribution in [-0.4, -0.2) is 34.5 Å². The van der Waals surface area contributed by atoms with E-state index in [9.17, 15) is 0 Å². The molecule has 0 saturated heterocycles. The van der Waals surface area contributed by atoms with Gasteiger partial charge >= 0.3 is 0 Å². The normalized spacial score (nSPS) is 13.6. The zero-order valence-corrected chi connectivity index (χ0v) is 23.3. The van der Waals surface area contributed by atoms with Gasteiger partial charge in [-0.2, -0.15) is 0 Å².